The van der Waals surface area contributed by atoms with Crippen LogP contribution in [0.3, 0.4) is 0 Å². The van der Waals surface area contributed by atoms with E-state index in [1.165, 1.54) is 15.9 Å². The third-order valence-corrected chi connectivity index (χ3v) is 6.62. The third kappa shape index (κ3) is 4.88. The second-order valence-corrected chi connectivity index (χ2v) is 9.13. The molecule has 168 valence electrons. The highest BCUT2D eigenvalue weighted by Crippen LogP contribution is 2.26. The molecule has 0 radical (unpaired) electrons. The molecule has 8 heteroatoms. The molecule has 0 amide bonds. The zero-order valence-electron chi connectivity index (χ0n) is 17.9. The topological polar surface area (TPSA) is 60.7 Å². The van der Waals surface area contributed by atoms with Gasteiger partial charge in [-0.1, -0.05) is 83.1 Å². The minimum atomic E-state index is -0.650. The largest absolute Gasteiger partial charge is 0.463 e. The second kappa shape index (κ2) is 9.91. The summed E-state index contributed by atoms with van der Waals surface area (Å²) in [5.74, 6) is -0.489. The van der Waals surface area contributed by atoms with E-state index in [1.54, 1.807) is 38.1 Å². The van der Waals surface area contributed by atoms with Crippen LogP contribution in [0.15, 0.2) is 75.7 Å². The van der Waals surface area contributed by atoms with E-state index in [2.05, 4.69) is 4.99 Å². The van der Waals surface area contributed by atoms with Gasteiger partial charge in [-0.15, -0.1) is 0 Å². The number of allylic oxidation sites excluding steroid dienone is 2. The van der Waals surface area contributed by atoms with Gasteiger partial charge in [0.05, 0.1) is 28.5 Å². The van der Waals surface area contributed by atoms with Crippen molar-refractivity contribution in [2.24, 2.45) is 4.99 Å². The Kier molecular flexibility index (Phi) is 6.98. The van der Waals surface area contributed by atoms with Crippen LogP contribution in [0.25, 0.3) is 12.2 Å². The highest BCUT2D eigenvalue weighted by atomic mass is 35.5. The molecule has 1 aliphatic heterocycles. The van der Waals surface area contributed by atoms with Crippen molar-refractivity contribution in [2.45, 2.75) is 19.9 Å². The number of benzene rings is 2. The first-order chi connectivity index (χ1) is 15.9. The monoisotopic (exact) mass is 498 g/mol. The minimum absolute atomic E-state index is 0.226. The molecule has 0 unspecified atom stereocenters. The first kappa shape index (κ1) is 23.2. The normalized spacial score (nSPS) is 16.1. The van der Waals surface area contributed by atoms with Crippen LogP contribution in [0.4, 0.5) is 0 Å². The number of thiazole rings is 1. The molecule has 0 bridgehead atoms. The van der Waals surface area contributed by atoms with Crippen molar-refractivity contribution in [1.82, 2.24) is 4.57 Å². The molecular formula is C25H20Cl2N2O3S. The van der Waals surface area contributed by atoms with E-state index in [9.17, 15) is 9.59 Å². The maximum Gasteiger partial charge on any atom is 0.338 e. The van der Waals surface area contributed by atoms with E-state index in [-0.39, 0.29) is 12.2 Å². The van der Waals surface area contributed by atoms with Crippen LogP contribution >= 0.6 is 34.5 Å². The van der Waals surface area contributed by atoms with Gasteiger partial charge in [-0.2, -0.15) is 0 Å². The summed E-state index contributed by atoms with van der Waals surface area (Å²) in [7, 11) is 0. The fourth-order valence-corrected chi connectivity index (χ4v) is 5.05. The number of esters is 1. The van der Waals surface area contributed by atoms with Crippen LogP contribution in [0.5, 0.6) is 0 Å². The van der Waals surface area contributed by atoms with Crippen LogP contribution in [0.2, 0.25) is 10.0 Å². The van der Waals surface area contributed by atoms with Crippen LogP contribution in [0.1, 0.15) is 31.0 Å². The van der Waals surface area contributed by atoms with E-state index >= 15 is 0 Å². The molecule has 33 heavy (non-hydrogen) atoms. The molecule has 4 rings (SSSR count). The van der Waals surface area contributed by atoms with Crippen molar-refractivity contribution in [3.8, 4) is 0 Å². The molecule has 0 saturated carbocycles. The Labute approximate surface area is 204 Å². The molecule has 1 aromatic heterocycles. The summed E-state index contributed by atoms with van der Waals surface area (Å²) >= 11 is 13.5. The number of nitrogens with zero attached hydrogens (tertiary/aromatic N) is 2. The Morgan fingerprint density at radius 3 is 2.67 bits per heavy atom. The number of ether oxygens (including phenoxy) is 1. The number of hydrogen-bond acceptors (Lipinski definition) is 5. The summed E-state index contributed by atoms with van der Waals surface area (Å²) in [6, 6.07) is 14.1. The smallest absolute Gasteiger partial charge is 0.338 e. The SMILES string of the molecule is CCOC(=O)C1=C(C)N=c2sc(=Cc3ccc(Cl)cc3Cl)c(=O)n2[C@@H]1/C=C/c1ccccc1. The molecular weight excluding hydrogens is 479 g/mol. The summed E-state index contributed by atoms with van der Waals surface area (Å²) in [6.45, 7) is 3.72. The standard InChI is InChI=1S/C25H20Cl2N2O3S/c1-3-32-24(31)22-15(2)28-25-29(20(22)12-9-16-7-5-4-6-8-16)23(30)21(33-25)13-17-10-11-18(26)14-19(17)27/h4-14,20H,3H2,1-2H3/b12-9+,21-13?/t20-/m1/s1. The molecule has 0 aliphatic carbocycles. The van der Waals surface area contributed by atoms with Gasteiger partial charge >= 0.3 is 5.97 Å². The average Bonchev–Trinajstić information content (AvgIpc) is 3.09. The Hall–Kier alpha value is -2.93. The zero-order valence-corrected chi connectivity index (χ0v) is 20.2. The number of carbonyl (C=O) groups excluding carboxylic acids is 1. The van der Waals surface area contributed by atoms with Crippen LogP contribution in [0, 0.1) is 0 Å². The number of halogens is 2. The van der Waals surface area contributed by atoms with Gasteiger partial charge in [-0.25, -0.2) is 9.79 Å². The lowest BCUT2D eigenvalue weighted by Crippen LogP contribution is -2.38. The van der Waals surface area contributed by atoms with Gasteiger partial charge in [-0.05, 0) is 43.2 Å². The highest BCUT2D eigenvalue weighted by Gasteiger charge is 2.30. The van der Waals surface area contributed by atoms with Gasteiger partial charge in [0, 0.05) is 10.0 Å². The summed E-state index contributed by atoms with van der Waals surface area (Å²) < 4.78 is 7.26. The number of aromatic nitrogens is 1. The van der Waals surface area contributed by atoms with Gasteiger partial charge < -0.3 is 4.74 Å². The molecule has 2 aromatic carbocycles. The molecule has 0 fully saturated rings. The maximum atomic E-state index is 13.5. The molecule has 2 heterocycles. The fourth-order valence-electron chi connectivity index (χ4n) is 3.54. The van der Waals surface area contributed by atoms with Crippen LogP contribution in [-0.4, -0.2) is 17.1 Å². The van der Waals surface area contributed by atoms with Crippen molar-refractivity contribution in [3.05, 3.63) is 107 Å². The van der Waals surface area contributed by atoms with E-state index < -0.39 is 12.0 Å². The second-order valence-electron chi connectivity index (χ2n) is 7.28. The van der Waals surface area contributed by atoms with Gasteiger partial charge in [0.15, 0.2) is 4.80 Å². The zero-order chi connectivity index (χ0) is 23.5. The number of fused-ring (bicyclic) bond motifs is 1. The Bertz CT molecular complexity index is 1450. The number of rotatable bonds is 5. The summed E-state index contributed by atoms with van der Waals surface area (Å²) in [4.78, 5) is 31.3. The third-order valence-electron chi connectivity index (χ3n) is 5.08. The number of hydrogen-bond donors (Lipinski definition) is 0. The molecule has 0 spiro atoms. The van der Waals surface area contributed by atoms with Gasteiger partial charge in [-0.3, -0.25) is 9.36 Å². The average molecular weight is 499 g/mol. The maximum absolute atomic E-state index is 13.5. The lowest BCUT2D eigenvalue weighted by molar-refractivity contribution is -0.139. The van der Waals surface area contributed by atoms with Crippen LogP contribution < -0.4 is 14.9 Å². The molecule has 0 N–H and O–H groups in total. The van der Waals surface area contributed by atoms with Crippen molar-refractivity contribution < 1.29 is 9.53 Å². The number of carbonyl (C=O) groups is 1. The lowest BCUT2D eigenvalue weighted by Gasteiger charge is -2.21. The molecule has 1 aliphatic rings. The van der Waals surface area contributed by atoms with E-state index in [1.807, 2.05) is 42.5 Å². The Morgan fingerprint density at radius 2 is 1.97 bits per heavy atom. The predicted molar refractivity (Wildman–Crippen MR) is 133 cm³/mol. The fraction of sp³-hybridized carbons (Fsp3) is 0.160. The molecule has 5 nitrogen and oxygen atoms in total. The summed E-state index contributed by atoms with van der Waals surface area (Å²) in [5, 5.41) is 0.955. The first-order valence-corrected chi connectivity index (χ1v) is 11.8. The van der Waals surface area contributed by atoms with Gasteiger partial charge in [0.2, 0.25) is 0 Å². The van der Waals surface area contributed by atoms with E-state index in [0.717, 1.165) is 5.56 Å². The van der Waals surface area contributed by atoms with Crippen molar-refractivity contribution in [3.63, 3.8) is 0 Å². The summed E-state index contributed by atoms with van der Waals surface area (Å²) in [6.07, 6.45) is 5.43. The molecule has 0 saturated heterocycles. The van der Waals surface area contributed by atoms with Gasteiger partial charge in [0.1, 0.15) is 0 Å². The highest BCUT2D eigenvalue weighted by molar-refractivity contribution is 7.07. The van der Waals surface area contributed by atoms with Crippen molar-refractivity contribution in [1.29, 1.82) is 0 Å². The van der Waals surface area contributed by atoms with Gasteiger partial charge in [0.25, 0.3) is 5.56 Å². The minimum Gasteiger partial charge on any atom is -0.463 e. The predicted octanol–water partition coefficient (Wildman–Crippen LogP) is 4.77. The van der Waals surface area contributed by atoms with Crippen molar-refractivity contribution in [2.75, 3.05) is 6.61 Å². The molecule has 1 atom stereocenters. The van der Waals surface area contributed by atoms with Crippen LogP contribution in [-0.2, 0) is 9.53 Å². The van der Waals surface area contributed by atoms with E-state index in [0.29, 0.717) is 36.2 Å². The Morgan fingerprint density at radius 1 is 1.21 bits per heavy atom. The first-order valence-electron chi connectivity index (χ1n) is 10.3. The quantitative estimate of drug-likeness (QED) is 0.476. The molecule has 3 aromatic rings. The summed E-state index contributed by atoms with van der Waals surface area (Å²) in [5.41, 5.74) is 2.22. The Balaban J connectivity index is 1.89. The van der Waals surface area contributed by atoms with Crippen molar-refractivity contribution >= 4 is 52.7 Å². The van der Waals surface area contributed by atoms with E-state index in [4.69, 9.17) is 27.9 Å². The lowest BCUT2D eigenvalue weighted by atomic mass is 10.0.